The summed E-state index contributed by atoms with van der Waals surface area (Å²) in [5.74, 6) is 0. The van der Waals surface area contributed by atoms with Crippen molar-refractivity contribution >= 4 is 22.5 Å². The van der Waals surface area contributed by atoms with Crippen LogP contribution in [0.1, 0.15) is 0 Å². The number of rotatable bonds is 0. The molecule has 1 nitrogen and oxygen atoms in total. The van der Waals surface area contributed by atoms with Crippen LogP contribution in [-0.4, -0.2) is 22.5 Å². The average molecular weight is 243 g/mol. The Labute approximate surface area is 59.6 Å². The monoisotopic (exact) mass is 244 g/mol. The molecule has 0 spiro atoms. The van der Waals surface area contributed by atoms with Crippen LogP contribution >= 0.6 is 0 Å². The zero-order chi connectivity index (χ0) is 2.00. The topological polar surface area (TPSA) is 17.1 Å². The average Bonchev–Trinajstić information content (AvgIpc) is 1.00. The Kier molecular flexibility index (Phi) is 98.9. The van der Waals surface area contributed by atoms with Gasteiger partial charge in [-0.1, -0.05) is 0 Å². The zero-order valence-corrected chi connectivity index (χ0v) is 6.90. The standard InChI is InChI=1S/Cr.Fe.O.Sn. The van der Waals surface area contributed by atoms with Crippen LogP contribution < -0.4 is 0 Å². The molecule has 24 valence electrons. The van der Waals surface area contributed by atoms with Crippen LogP contribution in [0.2, 0.25) is 0 Å². The van der Waals surface area contributed by atoms with E-state index in [4.69, 9.17) is 3.08 Å². The van der Waals surface area contributed by atoms with Crippen LogP contribution in [0, 0.1) is 0 Å². The summed E-state index contributed by atoms with van der Waals surface area (Å²) >= 11 is 0.300. The Morgan fingerprint density at radius 3 is 1.25 bits per heavy atom. The molecule has 0 saturated carbocycles. The summed E-state index contributed by atoms with van der Waals surface area (Å²) in [7, 11) is 0. The van der Waals surface area contributed by atoms with Crippen molar-refractivity contribution in [3.63, 3.8) is 0 Å². The van der Waals surface area contributed by atoms with Gasteiger partial charge in [-0.3, -0.25) is 0 Å². The molecule has 0 fully saturated rings. The minimum absolute atomic E-state index is 0. The zero-order valence-electron chi connectivity index (χ0n) is 1.67. The quantitative estimate of drug-likeness (QED) is 0.523. The van der Waals surface area contributed by atoms with Gasteiger partial charge in [-0.25, -0.2) is 0 Å². The van der Waals surface area contributed by atoms with E-state index in [-0.39, 0.29) is 34.4 Å². The van der Waals surface area contributed by atoms with E-state index in [1.54, 1.807) is 0 Å². The van der Waals surface area contributed by atoms with E-state index in [0.717, 1.165) is 0 Å². The van der Waals surface area contributed by atoms with E-state index < -0.39 is 0 Å². The van der Waals surface area contributed by atoms with Gasteiger partial charge in [0.05, 0.1) is 0 Å². The molecule has 0 aromatic rings. The molecule has 0 amide bonds. The normalized spacial score (nSPS) is 1.00. The van der Waals surface area contributed by atoms with E-state index in [1.165, 1.54) is 0 Å². The van der Waals surface area contributed by atoms with Crippen molar-refractivity contribution in [3.05, 3.63) is 0 Å². The van der Waals surface area contributed by atoms with Crippen molar-refractivity contribution < 1.29 is 37.5 Å². The molecule has 0 N–H and O–H groups in total. The first-order valence-corrected chi connectivity index (χ1v) is 1.37. The summed E-state index contributed by atoms with van der Waals surface area (Å²) < 4.78 is 8.34. The fraction of sp³-hybridized carbons (Fsp3) is 0. The first-order chi connectivity index (χ1) is 1.00. The summed E-state index contributed by atoms with van der Waals surface area (Å²) in [4.78, 5) is 0. The molecular weight excluding hydrogens is 243 g/mol. The van der Waals surface area contributed by atoms with Gasteiger partial charge in [-0.05, 0) is 0 Å². The molecular formula is CrFeOSn. The van der Waals surface area contributed by atoms with Crippen molar-refractivity contribution in [2.75, 3.05) is 0 Å². The Hall–Kier alpha value is 1.65. The molecule has 0 bridgehead atoms. The summed E-state index contributed by atoms with van der Waals surface area (Å²) in [6.07, 6.45) is 0. The van der Waals surface area contributed by atoms with Crippen molar-refractivity contribution in [2.24, 2.45) is 0 Å². The van der Waals surface area contributed by atoms with Crippen LogP contribution in [0.5, 0.6) is 0 Å². The third kappa shape index (κ3) is 9.41. The van der Waals surface area contributed by atoms with Crippen molar-refractivity contribution in [3.8, 4) is 0 Å². The molecule has 0 aromatic heterocycles. The summed E-state index contributed by atoms with van der Waals surface area (Å²) in [5.41, 5.74) is 0. The number of hydrogen-bond donors (Lipinski definition) is 0. The second-order valence-electron chi connectivity index (χ2n) is 0. The maximum atomic E-state index is 8.34. The van der Waals surface area contributed by atoms with E-state index in [0.29, 0.717) is 22.5 Å². The molecule has 0 rings (SSSR count). The van der Waals surface area contributed by atoms with Gasteiger partial charge in [0.15, 0.2) is 0 Å². The second-order valence-corrected chi connectivity index (χ2v) is 0. The third-order valence-electron chi connectivity index (χ3n) is 0. The van der Waals surface area contributed by atoms with Crippen LogP contribution in [0.3, 0.4) is 0 Å². The van der Waals surface area contributed by atoms with Crippen molar-refractivity contribution in [1.29, 1.82) is 0 Å². The Morgan fingerprint density at radius 1 is 1.25 bits per heavy atom. The molecule has 0 aliphatic rings. The van der Waals surface area contributed by atoms with E-state index in [2.05, 4.69) is 0 Å². The minimum atomic E-state index is 0. The van der Waals surface area contributed by atoms with Gasteiger partial charge < -0.3 is 0 Å². The van der Waals surface area contributed by atoms with Gasteiger partial charge in [0.25, 0.3) is 0 Å². The van der Waals surface area contributed by atoms with Crippen molar-refractivity contribution in [2.45, 2.75) is 0 Å². The van der Waals surface area contributed by atoms with E-state index >= 15 is 0 Å². The van der Waals surface area contributed by atoms with Crippen LogP contribution in [0.4, 0.5) is 0 Å². The van der Waals surface area contributed by atoms with E-state index in [9.17, 15) is 0 Å². The molecule has 2 radical (unpaired) electrons. The SMILES string of the molecule is [Cr].[Fe].[O]=[Sn]. The van der Waals surface area contributed by atoms with Gasteiger partial charge in [-0.15, -0.1) is 0 Å². The molecule has 0 aliphatic heterocycles. The molecule has 0 unspecified atom stereocenters. The predicted octanol–water partition coefficient (Wildman–Crippen LogP) is -0.505. The Morgan fingerprint density at radius 2 is 1.25 bits per heavy atom. The first kappa shape index (κ1) is 17.4. The molecule has 0 aliphatic carbocycles. The summed E-state index contributed by atoms with van der Waals surface area (Å²) in [6, 6.07) is 0. The molecule has 0 heterocycles. The first-order valence-electron chi connectivity index (χ1n) is 0.204. The Bertz CT molecular complexity index is 8.00. The van der Waals surface area contributed by atoms with Gasteiger partial charge in [-0.2, -0.15) is 0 Å². The van der Waals surface area contributed by atoms with E-state index in [1.807, 2.05) is 0 Å². The van der Waals surface area contributed by atoms with Crippen molar-refractivity contribution in [1.82, 2.24) is 0 Å². The molecule has 0 atom stereocenters. The molecule has 0 saturated heterocycles. The fourth-order valence-electron chi connectivity index (χ4n) is 0. The molecule has 0 aromatic carbocycles. The van der Waals surface area contributed by atoms with Gasteiger partial charge in [0, 0.05) is 34.4 Å². The summed E-state index contributed by atoms with van der Waals surface area (Å²) in [6.45, 7) is 0. The maximum absolute atomic E-state index is 8.34. The van der Waals surface area contributed by atoms with Gasteiger partial charge in [0.1, 0.15) is 0 Å². The van der Waals surface area contributed by atoms with Gasteiger partial charge >= 0.3 is 25.6 Å². The fourth-order valence-corrected chi connectivity index (χ4v) is 0. The predicted molar refractivity (Wildman–Crippen MR) is 6.44 cm³/mol. The van der Waals surface area contributed by atoms with Crippen LogP contribution in [0.15, 0.2) is 0 Å². The third-order valence-corrected chi connectivity index (χ3v) is 0. The summed E-state index contributed by atoms with van der Waals surface area (Å²) in [5, 5.41) is 0. The second kappa shape index (κ2) is 22.7. The van der Waals surface area contributed by atoms with Crippen LogP contribution in [0.25, 0.3) is 0 Å². The molecule has 4 heteroatoms. The molecule has 4 heavy (non-hydrogen) atoms. The van der Waals surface area contributed by atoms with Gasteiger partial charge in [0.2, 0.25) is 0 Å². The number of hydrogen-bond acceptors (Lipinski definition) is 1. The van der Waals surface area contributed by atoms with Crippen LogP contribution in [-0.2, 0) is 37.5 Å². The Balaban J connectivity index is -0.00000000500.